The SMILES string of the molecule is O=C(Nc1nc(-c2cccc3ccccc23)cs1)c1sc2cc(Cl)ccc2c1Cl. The molecule has 0 saturated heterocycles. The number of fused-ring (bicyclic) bond motifs is 2. The summed E-state index contributed by atoms with van der Waals surface area (Å²) in [5, 5.41) is 9.50. The number of aromatic nitrogens is 1. The van der Waals surface area contributed by atoms with Gasteiger partial charge in [0.05, 0.1) is 10.7 Å². The number of carbonyl (C=O) groups is 1. The summed E-state index contributed by atoms with van der Waals surface area (Å²) in [7, 11) is 0. The van der Waals surface area contributed by atoms with Crippen LogP contribution in [0.5, 0.6) is 0 Å². The Kier molecular flexibility index (Phi) is 4.76. The molecular weight excluding hydrogens is 443 g/mol. The number of hydrogen-bond donors (Lipinski definition) is 1. The molecule has 0 spiro atoms. The highest BCUT2D eigenvalue weighted by Crippen LogP contribution is 2.37. The third-order valence-corrected chi connectivity index (χ3v) is 7.24. The van der Waals surface area contributed by atoms with Crippen molar-refractivity contribution >= 4 is 77.8 Å². The lowest BCUT2D eigenvalue weighted by Gasteiger charge is -2.03. The van der Waals surface area contributed by atoms with Crippen molar-refractivity contribution in [3.8, 4) is 11.3 Å². The normalized spacial score (nSPS) is 11.2. The van der Waals surface area contributed by atoms with Crippen molar-refractivity contribution in [2.75, 3.05) is 5.32 Å². The molecular formula is C22H12Cl2N2OS2. The van der Waals surface area contributed by atoms with Crippen molar-refractivity contribution in [3.63, 3.8) is 0 Å². The van der Waals surface area contributed by atoms with Crippen molar-refractivity contribution < 1.29 is 4.79 Å². The quantitative estimate of drug-likeness (QED) is 0.302. The molecule has 0 unspecified atom stereocenters. The van der Waals surface area contributed by atoms with E-state index in [1.54, 1.807) is 6.07 Å². The lowest BCUT2D eigenvalue weighted by atomic mass is 10.0. The van der Waals surface area contributed by atoms with Crippen LogP contribution in [-0.4, -0.2) is 10.9 Å². The summed E-state index contributed by atoms with van der Waals surface area (Å²) >= 11 is 15.2. The van der Waals surface area contributed by atoms with Crippen molar-refractivity contribution in [2.24, 2.45) is 0 Å². The number of halogens is 2. The average molecular weight is 455 g/mol. The lowest BCUT2D eigenvalue weighted by molar-refractivity contribution is 0.103. The van der Waals surface area contributed by atoms with Gasteiger partial charge in [0.1, 0.15) is 4.88 Å². The molecule has 29 heavy (non-hydrogen) atoms. The molecule has 5 rings (SSSR count). The summed E-state index contributed by atoms with van der Waals surface area (Å²) in [6, 6.07) is 19.7. The number of nitrogens with zero attached hydrogens (tertiary/aromatic N) is 1. The first-order chi connectivity index (χ1) is 14.1. The molecule has 0 bridgehead atoms. The molecule has 1 amide bonds. The van der Waals surface area contributed by atoms with E-state index in [-0.39, 0.29) is 5.91 Å². The van der Waals surface area contributed by atoms with Gasteiger partial charge >= 0.3 is 0 Å². The first-order valence-corrected chi connectivity index (χ1v) is 11.2. The van der Waals surface area contributed by atoms with E-state index >= 15 is 0 Å². The highest BCUT2D eigenvalue weighted by Gasteiger charge is 2.19. The highest BCUT2D eigenvalue weighted by atomic mass is 35.5. The Morgan fingerprint density at radius 2 is 1.79 bits per heavy atom. The fourth-order valence-corrected chi connectivity index (χ4v) is 5.64. The molecule has 142 valence electrons. The smallest absolute Gasteiger partial charge is 0.269 e. The molecule has 3 nitrogen and oxygen atoms in total. The molecule has 0 aliphatic heterocycles. The molecule has 0 aliphatic carbocycles. The number of anilines is 1. The van der Waals surface area contributed by atoms with Crippen LogP contribution >= 0.6 is 45.9 Å². The fourth-order valence-electron chi connectivity index (χ4n) is 3.24. The van der Waals surface area contributed by atoms with Crippen LogP contribution in [0.4, 0.5) is 5.13 Å². The first-order valence-electron chi connectivity index (χ1n) is 8.73. The van der Waals surface area contributed by atoms with Gasteiger partial charge < -0.3 is 0 Å². The Balaban J connectivity index is 1.46. The van der Waals surface area contributed by atoms with Gasteiger partial charge in [-0.15, -0.1) is 22.7 Å². The van der Waals surface area contributed by atoms with E-state index in [1.165, 1.54) is 22.7 Å². The number of hydrogen-bond acceptors (Lipinski definition) is 4. The zero-order valence-corrected chi connectivity index (χ0v) is 17.9. The number of amides is 1. The maximum absolute atomic E-state index is 12.8. The third kappa shape index (κ3) is 3.40. The summed E-state index contributed by atoms with van der Waals surface area (Å²) in [5.41, 5.74) is 1.87. The number of nitrogens with one attached hydrogen (secondary N) is 1. The van der Waals surface area contributed by atoms with Gasteiger partial charge in [0, 0.05) is 26.1 Å². The minimum Gasteiger partial charge on any atom is -0.297 e. The summed E-state index contributed by atoms with van der Waals surface area (Å²) in [6.45, 7) is 0. The number of benzene rings is 3. The molecule has 0 fully saturated rings. The molecule has 7 heteroatoms. The minimum absolute atomic E-state index is 0.272. The fraction of sp³-hybridized carbons (Fsp3) is 0. The van der Waals surface area contributed by atoms with Crippen LogP contribution in [0.1, 0.15) is 9.67 Å². The summed E-state index contributed by atoms with van der Waals surface area (Å²) < 4.78 is 0.878. The van der Waals surface area contributed by atoms with E-state index in [4.69, 9.17) is 23.2 Å². The third-order valence-electron chi connectivity index (χ3n) is 4.59. The van der Waals surface area contributed by atoms with Crippen molar-refractivity contribution in [3.05, 3.63) is 81.0 Å². The summed E-state index contributed by atoms with van der Waals surface area (Å²) in [4.78, 5) is 17.9. The molecule has 0 atom stereocenters. The Labute approximate surface area is 184 Å². The van der Waals surface area contributed by atoms with Crippen LogP contribution in [0.25, 0.3) is 32.1 Å². The van der Waals surface area contributed by atoms with Crippen LogP contribution in [0, 0.1) is 0 Å². The first kappa shape index (κ1) is 18.6. The number of carbonyl (C=O) groups excluding carboxylic acids is 1. The zero-order chi connectivity index (χ0) is 20.0. The predicted octanol–water partition coefficient (Wildman–Crippen LogP) is 7.74. The minimum atomic E-state index is -0.272. The second-order valence-electron chi connectivity index (χ2n) is 6.40. The highest BCUT2D eigenvalue weighted by molar-refractivity contribution is 7.22. The molecule has 5 aromatic rings. The Hall–Kier alpha value is -2.44. The van der Waals surface area contributed by atoms with Crippen molar-refractivity contribution in [1.29, 1.82) is 0 Å². The van der Waals surface area contributed by atoms with E-state index in [1.807, 2.05) is 41.8 Å². The predicted molar refractivity (Wildman–Crippen MR) is 125 cm³/mol. The molecule has 2 aromatic heterocycles. The molecule has 2 heterocycles. The van der Waals surface area contributed by atoms with E-state index < -0.39 is 0 Å². The maximum atomic E-state index is 12.8. The van der Waals surface area contributed by atoms with Gasteiger partial charge in [-0.25, -0.2) is 4.98 Å². The van der Waals surface area contributed by atoms with Crippen LogP contribution < -0.4 is 5.32 Å². The number of rotatable bonds is 3. The van der Waals surface area contributed by atoms with Crippen LogP contribution in [0.15, 0.2) is 66.0 Å². The topological polar surface area (TPSA) is 42.0 Å². The lowest BCUT2D eigenvalue weighted by Crippen LogP contribution is -2.10. The number of thiophene rings is 1. The Bertz CT molecular complexity index is 1390. The van der Waals surface area contributed by atoms with Crippen LogP contribution in [0.3, 0.4) is 0 Å². The monoisotopic (exact) mass is 454 g/mol. The van der Waals surface area contributed by atoms with E-state index in [0.29, 0.717) is 20.1 Å². The van der Waals surface area contributed by atoms with E-state index in [9.17, 15) is 4.79 Å². The van der Waals surface area contributed by atoms with Gasteiger partial charge in [-0.1, -0.05) is 71.7 Å². The molecule has 1 N–H and O–H groups in total. The van der Waals surface area contributed by atoms with E-state index in [0.717, 1.165) is 32.1 Å². The standard InChI is InChI=1S/C22H12Cl2N2OS2/c23-13-8-9-16-18(10-13)29-20(19(16)24)21(27)26-22-25-17(11-28-22)15-7-3-5-12-4-1-2-6-14(12)15/h1-11H,(H,25,26,27). The molecule has 0 saturated carbocycles. The van der Waals surface area contributed by atoms with Crippen molar-refractivity contribution in [2.45, 2.75) is 0 Å². The van der Waals surface area contributed by atoms with Crippen LogP contribution in [0.2, 0.25) is 10.0 Å². The largest absolute Gasteiger partial charge is 0.297 e. The van der Waals surface area contributed by atoms with E-state index in [2.05, 4.69) is 28.5 Å². The maximum Gasteiger partial charge on any atom is 0.269 e. The van der Waals surface area contributed by atoms with Crippen molar-refractivity contribution in [1.82, 2.24) is 4.98 Å². The Morgan fingerprint density at radius 3 is 2.69 bits per heavy atom. The van der Waals surface area contributed by atoms with Crippen LogP contribution in [-0.2, 0) is 0 Å². The average Bonchev–Trinajstić information content (AvgIpc) is 3.32. The van der Waals surface area contributed by atoms with Gasteiger partial charge in [-0.3, -0.25) is 10.1 Å². The number of thiazole rings is 1. The van der Waals surface area contributed by atoms with Gasteiger partial charge in [-0.05, 0) is 22.9 Å². The van der Waals surface area contributed by atoms with Gasteiger partial charge in [0.2, 0.25) is 0 Å². The second kappa shape index (κ2) is 7.43. The summed E-state index contributed by atoms with van der Waals surface area (Å²) in [5.74, 6) is -0.272. The second-order valence-corrected chi connectivity index (χ2v) is 9.13. The zero-order valence-electron chi connectivity index (χ0n) is 14.8. The molecule has 0 aliphatic rings. The molecule has 3 aromatic carbocycles. The van der Waals surface area contributed by atoms with Gasteiger partial charge in [0.15, 0.2) is 5.13 Å². The van der Waals surface area contributed by atoms with Gasteiger partial charge in [0.25, 0.3) is 5.91 Å². The molecule has 0 radical (unpaired) electrons. The summed E-state index contributed by atoms with van der Waals surface area (Å²) in [6.07, 6.45) is 0. The Morgan fingerprint density at radius 1 is 0.966 bits per heavy atom. The van der Waals surface area contributed by atoms with Gasteiger partial charge in [-0.2, -0.15) is 0 Å².